The number of pyridine rings is 1. The minimum Gasteiger partial charge on any atom is -0.396 e. The first-order valence-corrected chi connectivity index (χ1v) is 5.29. The van der Waals surface area contributed by atoms with Crippen LogP contribution in [0.25, 0.3) is 11.3 Å². The third-order valence-electron chi connectivity index (χ3n) is 2.39. The zero-order chi connectivity index (χ0) is 12.1. The fraction of sp³-hybridized carbons (Fsp3) is 0.250. The standard InChI is InChI=1S/C12H12N4O/c13-4-6-16-9-11(3-7-17)12(15-16)10-2-1-5-14-8-10/h1-2,5,8-9,17H,3,6-7H2. The van der Waals surface area contributed by atoms with Crippen LogP contribution in [0.1, 0.15) is 5.56 Å². The molecule has 2 aromatic rings. The van der Waals surface area contributed by atoms with Crippen LogP contribution in [0.5, 0.6) is 0 Å². The van der Waals surface area contributed by atoms with E-state index in [1.807, 2.05) is 18.2 Å². The maximum atomic E-state index is 9.01. The molecule has 5 heteroatoms. The molecule has 0 aromatic carbocycles. The van der Waals surface area contributed by atoms with Crippen molar-refractivity contribution in [2.24, 2.45) is 0 Å². The average molecular weight is 228 g/mol. The molecule has 0 aliphatic heterocycles. The van der Waals surface area contributed by atoms with E-state index in [9.17, 15) is 0 Å². The molecule has 17 heavy (non-hydrogen) atoms. The van der Waals surface area contributed by atoms with Gasteiger partial charge in [-0.3, -0.25) is 9.67 Å². The first-order chi connectivity index (χ1) is 8.35. The van der Waals surface area contributed by atoms with Crippen molar-refractivity contribution in [3.8, 4) is 17.3 Å². The van der Waals surface area contributed by atoms with Gasteiger partial charge in [0.2, 0.25) is 0 Å². The summed E-state index contributed by atoms with van der Waals surface area (Å²) in [5, 5.41) is 22.0. The van der Waals surface area contributed by atoms with E-state index in [1.54, 1.807) is 23.3 Å². The van der Waals surface area contributed by atoms with E-state index in [4.69, 9.17) is 10.4 Å². The summed E-state index contributed by atoms with van der Waals surface area (Å²) < 4.78 is 1.58. The fourth-order valence-corrected chi connectivity index (χ4v) is 1.67. The quantitative estimate of drug-likeness (QED) is 0.847. The summed E-state index contributed by atoms with van der Waals surface area (Å²) in [4.78, 5) is 4.04. The van der Waals surface area contributed by atoms with Gasteiger partial charge in [0.1, 0.15) is 6.54 Å². The van der Waals surface area contributed by atoms with Gasteiger partial charge in [0.15, 0.2) is 0 Å². The average Bonchev–Trinajstić information content (AvgIpc) is 2.74. The van der Waals surface area contributed by atoms with Crippen molar-refractivity contribution in [2.75, 3.05) is 6.61 Å². The Morgan fingerprint density at radius 2 is 2.35 bits per heavy atom. The highest BCUT2D eigenvalue weighted by atomic mass is 16.2. The first kappa shape index (κ1) is 11.3. The molecule has 0 radical (unpaired) electrons. The second-order valence-electron chi connectivity index (χ2n) is 3.57. The highest BCUT2D eigenvalue weighted by Gasteiger charge is 2.10. The van der Waals surface area contributed by atoms with Crippen LogP contribution >= 0.6 is 0 Å². The van der Waals surface area contributed by atoms with Crippen LogP contribution in [-0.4, -0.2) is 26.5 Å². The number of hydrogen-bond acceptors (Lipinski definition) is 4. The predicted molar refractivity (Wildman–Crippen MR) is 61.9 cm³/mol. The van der Waals surface area contributed by atoms with Crippen molar-refractivity contribution >= 4 is 0 Å². The van der Waals surface area contributed by atoms with E-state index in [2.05, 4.69) is 10.1 Å². The van der Waals surface area contributed by atoms with E-state index in [0.717, 1.165) is 16.8 Å². The normalized spacial score (nSPS) is 10.1. The predicted octanol–water partition coefficient (Wildman–Crippen LogP) is 1.00. The lowest BCUT2D eigenvalue weighted by atomic mass is 10.1. The molecule has 0 saturated carbocycles. The minimum absolute atomic E-state index is 0.0610. The lowest BCUT2D eigenvalue weighted by Gasteiger charge is -1.99. The smallest absolute Gasteiger partial charge is 0.128 e. The van der Waals surface area contributed by atoms with Gasteiger partial charge in [-0.1, -0.05) is 0 Å². The number of aromatic nitrogens is 3. The fourth-order valence-electron chi connectivity index (χ4n) is 1.67. The Kier molecular flexibility index (Phi) is 3.48. The molecule has 0 spiro atoms. The topological polar surface area (TPSA) is 74.7 Å². The summed E-state index contributed by atoms with van der Waals surface area (Å²) >= 11 is 0. The molecule has 0 atom stereocenters. The summed E-state index contributed by atoms with van der Waals surface area (Å²) in [5.41, 5.74) is 2.60. The molecule has 0 fully saturated rings. The molecule has 86 valence electrons. The molecule has 0 amide bonds. The van der Waals surface area contributed by atoms with Crippen LogP contribution < -0.4 is 0 Å². The van der Waals surface area contributed by atoms with Gasteiger partial charge in [-0.25, -0.2) is 0 Å². The summed E-state index contributed by atoms with van der Waals surface area (Å²) in [5.74, 6) is 0. The Bertz CT molecular complexity index is 527. The van der Waals surface area contributed by atoms with E-state index in [1.165, 1.54) is 0 Å². The van der Waals surface area contributed by atoms with Gasteiger partial charge in [0.25, 0.3) is 0 Å². The van der Waals surface area contributed by atoms with E-state index >= 15 is 0 Å². The molecule has 2 rings (SSSR count). The van der Waals surface area contributed by atoms with Gasteiger partial charge in [0.05, 0.1) is 11.8 Å². The number of nitriles is 1. The van der Waals surface area contributed by atoms with Crippen LogP contribution in [0.2, 0.25) is 0 Å². The molecule has 0 aliphatic carbocycles. The van der Waals surface area contributed by atoms with Crippen molar-refractivity contribution in [3.05, 3.63) is 36.3 Å². The molecule has 0 bridgehead atoms. The number of nitrogens with zero attached hydrogens (tertiary/aromatic N) is 4. The summed E-state index contributed by atoms with van der Waals surface area (Å²) in [6.45, 7) is 0.268. The van der Waals surface area contributed by atoms with E-state index < -0.39 is 0 Å². The molecule has 1 N–H and O–H groups in total. The summed E-state index contributed by atoms with van der Waals surface area (Å²) in [6.07, 6.45) is 5.73. The van der Waals surface area contributed by atoms with Gasteiger partial charge in [-0.2, -0.15) is 10.4 Å². The third-order valence-corrected chi connectivity index (χ3v) is 2.39. The largest absolute Gasteiger partial charge is 0.396 e. The number of aliphatic hydroxyl groups excluding tert-OH is 1. The summed E-state index contributed by atoms with van der Waals surface area (Å²) in [7, 11) is 0. The molecule has 0 aliphatic rings. The monoisotopic (exact) mass is 228 g/mol. The molecular formula is C12H12N4O. The zero-order valence-electron chi connectivity index (χ0n) is 9.24. The van der Waals surface area contributed by atoms with Crippen molar-refractivity contribution in [2.45, 2.75) is 13.0 Å². The molecule has 2 aromatic heterocycles. The molecule has 5 nitrogen and oxygen atoms in total. The Hall–Kier alpha value is -2.19. The highest BCUT2D eigenvalue weighted by Crippen LogP contribution is 2.21. The Morgan fingerprint density at radius 3 is 3.00 bits per heavy atom. The Morgan fingerprint density at radius 1 is 1.47 bits per heavy atom. The van der Waals surface area contributed by atoms with Crippen LogP contribution in [0.4, 0.5) is 0 Å². The maximum absolute atomic E-state index is 9.01. The van der Waals surface area contributed by atoms with Gasteiger partial charge < -0.3 is 5.11 Å². The highest BCUT2D eigenvalue weighted by molar-refractivity contribution is 5.61. The van der Waals surface area contributed by atoms with Gasteiger partial charge in [0, 0.05) is 36.3 Å². The molecule has 0 unspecified atom stereocenters. The molecule has 2 heterocycles. The van der Waals surface area contributed by atoms with Crippen molar-refractivity contribution in [1.82, 2.24) is 14.8 Å². The van der Waals surface area contributed by atoms with Gasteiger partial charge >= 0.3 is 0 Å². The maximum Gasteiger partial charge on any atom is 0.128 e. The van der Waals surface area contributed by atoms with Crippen LogP contribution in [0, 0.1) is 11.3 Å². The third kappa shape index (κ3) is 2.49. The number of hydrogen-bond donors (Lipinski definition) is 1. The first-order valence-electron chi connectivity index (χ1n) is 5.29. The SMILES string of the molecule is N#CCn1cc(CCO)c(-c2cccnc2)n1. The minimum atomic E-state index is 0.0610. The van der Waals surface area contributed by atoms with E-state index in [-0.39, 0.29) is 13.2 Å². The lowest BCUT2D eigenvalue weighted by Crippen LogP contribution is -1.95. The number of aliphatic hydroxyl groups is 1. The second-order valence-corrected chi connectivity index (χ2v) is 3.57. The lowest BCUT2D eigenvalue weighted by molar-refractivity contribution is 0.299. The Balaban J connectivity index is 2.41. The van der Waals surface area contributed by atoms with Crippen molar-refractivity contribution < 1.29 is 5.11 Å². The van der Waals surface area contributed by atoms with Crippen molar-refractivity contribution in [3.63, 3.8) is 0 Å². The van der Waals surface area contributed by atoms with Crippen LogP contribution in [-0.2, 0) is 13.0 Å². The van der Waals surface area contributed by atoms with Crippen LogP contribution in [0.15, 0.2) is 30.7 Å². The second kappa shape index (κ2) is 5.23. The van der Waals surface area contributed by atoms with Crippen LogP contribution in [0.3, 0.4) is 0 Å². The zero-order valence-corrected chi connectivity index (χ0v) is 9.24. The van der Waals surface area contributed by atoms with E-state index in [0.29, 0.717) is 6.42 Å². The van der Waals surface area contributed by atoms with Gasteiger partial charge in [-0.05, 0) is 18.6 Å². The van der Waals surface area contributed by atoms with Gasteiger partial charge in [-0.15, -0.1) is 0 Å². The molecular weight excluding hydrogens is 216 g/mol. The Labute approximate surface area is 99.0 Å². The van der Waals surface area contributed by atoms with Crippen molar-refractivity contribution in [1.29, 1.82) is 5.26 Å². The number of rotatable bonds is 4. The molecule has 0 saturated heterocycles. The summed E-state index contributed by atoms with van der Waals surface area (Å²) in [6, 6.07) is 5.78.